The van der Waals surface area contributed by atoms with E-state index in [2.05, 4.69) is 30.5 Å². The third-order valence-electron chi connectivity index (χ3n) is 2.97. The van der Waals surface area contributed by atoms with Gasteiger partial charge in [-0.3, -0.25) is 9.69 Å². The fourth-order valence-electron chi connectivity index (χ4n) is 2.00. The maximum Gasteiger partial charge on any atom is 0.320 e. The summed E-state index contributed by atoms with van der Waals surface area (Å²) in [6, 6.07) is 0. The third-order valence-corrected chi connectivity index (χ3v) is 3.64. The number of aliphatic hydroxyl groups is 1. The highest BCUT2D eigenvalue weighted by Crippen LogP contribution is 2.08. The van der Waals surface area contributed by atoms with E-state index in [1.54, 1.807) is 0 Å². The second-order valence-corrected chi connectivity index (χ2v) is 5.32. The summed E-state index contributed by atoms with van der Waals surface area (Å²) in [5.41, 5.74) is 0. The first kappa shape index (κ1) is 14.9. The van der Waals surface area contributed by atoms with Gasteiger partial charge in [-0.1, -0.05) is 15.9 Å². The molecule has 0 aromatic rings. The van der Waals surface area contributed by atoms with Crippen LogP contribution in [-0.4, -0.2) is 78.7 Å². The Labute approximate surface area is 111 Å². The minimum Gasteiger partial charge on any atom is -0.468 e. The normalized spacial score (nSPS) is 20.9. The number of β-amino-alcohol motifs (C(OH)–C–C–N with tert-alkyl or cyclic N) is 1. The lowest BCUT2D eigenvalue weighted by atomic mass is 10.3. The maximum absolute atomic E-state index is 11.3. The summed E-state index contributed by atoms with van der Waals surface area (Å²) in [7, 11) is 1.40. The quantitative estimate of drug-likeness (QED) is 0.569. The highest BCUT2D eigenvalue weighted by molar-refractivity contribution is 9.10. The number of carbonyl (C=O) groups is 1. The molecular weight excluding hydrogens is 288 g/mol. The monoisotopic (exact) mass is 308 g/mol. The van der Waals surface area contributed by atoms with E-state index in [-0.39, 0.29) is 17.4 Å². The number of nitrogens with zero attached hydrogens (tertiary/aromatic N) is 2. The molecule has 1 aliphatic rings. The van der Waals surface area contributed by atoms with Gasteiger partial charge in [0.1, 0.15) is 4.83 Å². The number of ether oxygens (including phenoxy) is 1. The Kier molecular flexibility index (Phi) is 7.03. The Morgan fingerprint density at radius 3 is 2.65 bits per heavy atom. The first-order valence-corrected chi connectivity index (χ1v) is 6.86. The number of halogens is 1. The summed E-state index contributed by atoms with van der Waals surface area (Å²) in [5.74, 6) is -0.221. The molecule has 1 fully saturated rings. The van der Waals surface area contributed by atoms with E-state index in [0.717, 1.165) is 39.1 Å². The number of esters is 1. The van der Waals surface area contributed by atoms with Crippen LogP contribution in [0.4, 0.5) is 0 Å². The van der Waals surface area contributed by atoms with Crippen LogP contribution in [0.5, 0.6) is 0 Å². The topological polar surface area (TPSA) is 53.0 Å². The molecule has 5 nitrogen and oxygen atoms in total. The molecular formula is C11H21BrN2O3. The van der Waals surface area contributed by atoms with Crippen molar-refractivity contribution in [2.45, 2.75) is 11.2 Å². The molecule has 0 bridgehead atoms. The molecule has 0 spiro atoms. The van der Waals surface area contributed by atoms with E-state index in [0.29, 0.717) is 6.54 Å². The smallest absolute Gasteiger partial charge is 0.320 e. The van der Waals surface area contributed by atoms with Crippen molar-refractivity contribution in [3.8, 4) is 0 Å². The maximum atomic E-state index is 11.3. The summed E-state index contributed by atoms with van der Waals surface area (Å²) in [4.78, 5) is 15.6. The van der Waals surface area contributed by atoms with E-state index in [4.69, 9.17) is 5.11 Å². The van der Waals surface area contributed by atoms with Gasteiger partial charge in [-0.25, -0.2) is 0 Å². The zero-order valence-corrected chi connectivity index (χ0v) is 11.9. The highest BCUT2D eigenvalue weighted by atomic mass is 79.9. The van der Waals surface area contributed by atoms with Crippen LogP contribution >= 0.6 is 15.9 Å². The molecule has 0 aliphatic carbocycles. The molecule has 1 rings (SSSR count). The van der Waals surface area contributed by atoms with E-state index >= 15 is 0 Å². The minimum atomic E-state index is -0.253. The number of alkyl halides is 1. The van der Waals surface area contributed by atoms with Crippen LogP contribution in [0.2, 0.25) is 0 Å². The van der Waals surface area contributed by atoms with Gasteiger partial charge in [0, 0.05) is 26.2 Å². The summed E-state index contributed by atoms with van der Waals surface area (Å²) in [5, 5.41) is 8.90. The molecule has 1 atom stereocenters. The van der Waals surface area contributed by atoms with Crippen molar-refractivity contribution in [1.29, 1.82) is 0 Å². The average Bonchev–Trinajstić information content (AvgIpc) is 2.54. The van der Waals surface area contributed by atoms with E-state index in [1.165, 1.54) is 7.11 Å². The van der Waals surface area contributed by atoms with Gasteiger partial charge >= 0.3 is 5.97 Å². The molecule has 100 valence electrons. The van der Waals surface area contributed by atoms with Crippen LogP contribution in [0.1, 0.15) is 6.42 Å². The third kappa shape index (κ3) is 5.33. The van der Waals surface area contributed by atoms with Crippen molar-refractivity contribution >= 4 is 21.9 Å². The highest BCUT2D eigenvalue weighted by Gasteiger charge is 2.21. The fraction of sp³-hybridized carbons (Fsp3) is 0.909. The molecule has 1 heterocycles. The largest absolute Gasteiger partial charge is 0.468 e. The van der Waals surface area contributed by atoms with Crippen LogP contribution in [0, 0.1) is 0 Å². The fourth-order valence-corrected chi connectivity index (χ4v) is 2.60. The molecule has 6 heteroatoms. The van der Waals surface area contributed by atoms with E-state index in [1.807, 2.05) is 0 Å². The van der Waals surface area contributed by atoms with Crippen molar-refractivity contribution in [3.05, 3.63) is 0 Å². The van der Waals surface area contributed by atoms with Gasteiger partial charge in [0.25, 0.3) is 0 Å². The number of aliphatic hydroxyl groups excluding tert-OH is 1. The van der Waals surface area contributed by atoms with Crippen molar-refractivity contribution in [3.63, 3.8) is 0 Å². The molecule has 1 saturated heterocycles. The molecule has 0 radical (unpaired) electrons. The van der Waals surface area contributed by atoms with Crippen LogP contribution in [0.25, 0.3) is 0 Å². The van der Waals surface area contributed by atoms with E-state index < -0.39 is 0 Å². The number of hydrogen-bond donors (Lipinski definition) is 1. The average molecular weight is 309 g/mol. The van der Waals surface area contributed by atoms with Crippen LogP contribution in [0.15, 0.2) is 0 Å². The SMILES string of the molecule is COC(=O)C(Br)CN1CCCN(CCO)CC1. The number of carbonyl (C=O) groups excluding carboxylic acids is 1. The number of rotatable bonds is 5. The van der Waals surface area contributed by atoms with Gasteiger partial charge in [0.2, 0.25) is 0 Å². The first-order valence-electron chi connectivity index (χ1n) is 5.95. The van der Waals surface area contributed by atoms with E-state index in [9.17, 15) is 4.79 Å². The molecule has 0 saturated carbocycles. The summed E-state index contributed by atoms with van der Waals surface area (Å²) >= 11 is 3.34. The lowest BCUT2D eigenvalue weighted by molar-refractivity contribution is -0.140. The Hall–Kier alpha value is -0.170. The Morgan fingerprint density at radius 1 is 1.35 bits per heavy atom. The number of hydrogen-bond acceptors (Lipinski definition) is 5. The summed E-state index contributed by atoms with van der Waals surface area (Å²) < 4.78 is 4.69. The predicted molar refractivity (Wildman–Crippen MR) is 69.3 cm³/mol. The van der Waals surface area contributed by atoms with Gasteiger partial charge in [0.15, 0.2) is 0 Å². The van der Waals surface area contributed by atoms with Gasteiger partial charge in [-0.05, 0) is 19.5 Å². The van der Waals surface area contributed by atoms with Gasteiger partial charge < -0.3 is 14.7 Å². The molecule has 1 aliphatic heterocycles. The van der Waals surface area contributed by atoms with Crippen LogP contribution < -0.4 is 0 Å². The van der Waals surface area contributed by atoms with Crippen LogP contribution in [-0.2, 0) is 9.53 Å². The van der Waals surface area contributed by atoms with Crippen LogP contribution in [0.3, 0.4) is 0 Å². The minimum absolute atomic E-state index is 0.212. The second-order valence-electron chi connectivity index (χ2n) is 4.21. The van der Waals surface area contributed by atoms with Gasteiger partial charge in [-0.15, -0.1) is 0 Å². The molecule has 0 aromatic carbocycles. The van der Waals surface area contributed by atoms with Gasteiger partial charge in [0.05, 0.1) is 13.7 Å². The summed E-state index contributed by atoms with van der Waals surface area (Å²) in [6.07, 6.45) is 1.07. The lowest BCUT2D eigenvalue weighted by Gasteiger charge is -2.22. The molecule has 17 heavy (non-hydrogen) atoms. The molecule has 0 amide bonds. The van der Waals surface area contributed by atoms with Crippen molar-refractivity contribution < 1.29 is 14.6 Å². The van der Waals surface area contributed by atoms with Crippen molar-refractivity contribution in [2.24, 2.45) is 0 Å². The van der Waals surface area contributed by atoms with Crippen molar-refractivity contribution in [2.75, 3.05) is 53.0 Å². The lowest BCUT2D eigenvalue weighted by Crippen LogP contribution is -2.37. The molecule has 1 unspecified atom stereocenters. The van der Waals surface area contributed by atoms with Gasteiger partial charge in [-0.2, -0.15) is 0 Å². The Morgan fingerprint density at radius 2 is 2.00 bits per heavy atom. The standard InChI is InChI=1S/C11H21BrN2O3/c1-17-11(16)10(12)9-14-4-2-3-13(5-6-14)7-8-15/h10,15H,2-9H2,1H3. The molecule has 0 aromatic heterocycles. The zero-order valence-electron chi connectivity index (χ0n) is 10.3. The Bertz CT molecular complexity index is 241. The van der Waals surface area contributed by atoms with Crippen molar-refractivity contribution in [1.82, 2.24) is 9.80 Å². The molecule has 1 N–H and O–H groups in total. The first-order chi connectivity index (χ1) is 8.17. The summed E-state index contributed by atoms with van der Waals surface area (Å²) in [6.45, 7) is 5.51. The zero-order chi connectivity index (χ0) is 12.7. The predicted octanol–water partition coefficient (Wildman–Crippen LogP) is -0.0771. The Balaban J connectivity index is 2.33. The number of methoxy groups -OCH3 is 1. The second kappa shape index (κ2) is 8.02.